The van der Waals surface area contributed by atoms with Gasteiger partial charge in [0.1, 0.15) is 6.10 Å². The van der Waals surface area contributed by atoms with E-state index in [1.54, 1.807) is 0 Å². The fourth-order valence-electron chi connectivity index (χ4n) is 1.58. The van der Waals surface area contributed by atoms with Gasteiger partial charge in [-0.05, 0) is 6.42 Å². The van der Waals surface area contributed by atoms with Gasteiger partial charge in [0.05, 0.1) is 18.2 Å². The van der Waals surface area contributed by atoms with E-state index in [9.17, 15) is 5.11 Å². The van der Waals surface area contributed by atoms with Crippen LogP contribution < -0.4 is 5.32 Å². The summed E-state index contributed by atoms with van der Waals surface area (Å²) in [5.74, 6) is 0. The van der Waals surface area contributed by atoms with Crippen LogP contribution in [0.5, 0.6) is 0 Å². The Morgan fingerprint density at radius 2 is 1.80 bits per heavy atom. The van der Waals surface area contributed by atoms with E-state index in [0.717, 1.165) is 0 Å². The first-order valence-electron chi connectivity index (χ1n) is 3.50. The summed E-state index contributed by atoms with van der Waals surface area (Å²) in [7, 11) is 0. The first kappa shape index (κ1) is 6.54. The maximum atomic E-state index is 9.19. The highest BCUT2D eigenvalue weighted by Gasteiger charge is 2.51. The lowest BCUT2D eigenvalue weighted by atomic mass is 9.92. The van der Waals surface area contributed by atoms with Gasteiger partial charge in [0.25, 0.3) is 0 Å². The molecule has 4 N–H and O–H groups in total. The topological polar surface area (TPSA) is 82.6 Å². The zero-order valence-corrected chi connectivity index (χ0v) is 5.44. The number of hydrogen-bond donors (Lipinski definition) is 4. The third kappa shape index (κ3) is 0.769. The predicted molar refractivity (Wildman–Crippen MR) is 33.3 cm³/mol. The number of aliphatic hydroxyl groups is 3. The molecular formula is C6H11NO3. The van der Waals surface area contributed by atoms with Crippen LogP contribution in [-0.2, 0) is 0 Å². The van der Waals surface area contributed by atoms with Crippen molar-refractivity contribution in [3.8, 4) is 0 Å². The van der Waals surface area contributed by atoms with Crippen LogP contribution in [0.25, 0.3) is 0 Å². The molecule has 2 fully saturated rings. The lowest BCUT2D eigenvalue weighted by Crippen LogP contribution is -2.45. The minimum Gasteiger partial charge on any atom is -0.390 e. The van der Waals surface area contributed by atoms with Crippen molar-refractivity contribution in [3.63, 3.8) is 0 Å². The molecule has 1 saturated heterocycles. The van der Waals surface area contributed by atoms with E-state index in [2.05, 4.69) is 5.32 Å². The van der Waals surface area contributed by atoms with Crippen molar-refractivity contribution in [1.29, 1.82) is 0 Å². The molecule has 4 nitrogen and oxygen atoms in total. The second kappa shape index (κ2) is 1.92. The van der Waals surface area contributed by atoms with Crippen LogP contribution in [0.3, 0.4) is 0 Å². The van der Waals surface area contributed by atoms with Gasteiger partial charge in [0.15, 0.2) is 0 Å². The molecule has 4 heteroatoms. The molecule has 1 aliphatic heterocycles. The molecule has 10 heavy (non-hydrogen) atoms. The van der Waals surface area contributed by atoms with E-state index >= 15 is 0 Å². The molecule has 1 saturated carbocycles. The molecular weight excluding hydrogens is 134 g/mol. The zero-order valence-electron chi connectivity index (χ0n) is 5.44. The van der Waals surface area contributed by atoms with Gasteiger partial charge in [-0.1, -0.05) is 0 Å². The van der Waals surface area contributed by atoms with Gasteiger partial charge in [-0.3, -0.25) is 0 Å². The second-order valence-corrected chi connectivity index (χ2v) is 3.08. The van der Waals surface area contributed by atoms with Gasteiger partial charge in [-0.25, -0.2) is 0 Å². The van der Waals surface area contributed by atoms with Crippen LogP contribution in [0.15, 0.2) is 0 Å². The van der Waals surface area contributed by atoms with Gasteiger partial charge < -0.3 is 20.6 Å². The largest absolute Gasteiger partial charge is 0.390 e. The zero-order chi connectivity index (χ0) is 7.30. The Morgan fingerprint density at radius 3 is 2.50 bits per heavy atom. The van der Waals surface area contributed by atoms with E-state index in [1.807, 2.05) is 0 Å². The van der Waals surface area contributed by atoms with E-state index in [0.29, 0.717) is 6.42 Å². The Balaban J connectivity index is 2.07. The highest BCUT2D eigenvalue weighted by Crippen LogP contribution is 2.29. The molecule has 58 valence electrons. The predicted octanol–water partition coefficient (Wildman–Crippen LogP) is -2.19. The highest BCUT2D eigenvalue weighted by molar-refractivity contribution is 5.11. The monoisotopic (exact) mass is 145 g/mol. The normalized spacial score (nSPS) is 59.7. The summed E-state index contributed by atoms with van der Waals surface area (Å²) in [4.78, 5) is 0. The van der Waals surface area contributed by atoms with Crippen molar-refractivity contribution in [1.82, 2.24) is 5.32 Å². The van der Waals surface area contributed by atoms with Crippen LogP contribution in [0, 0.1) is 0 Å². The van der Waals surface area contributed by atoms with E-state index in [-0.39, 0.29) is 12.1 Å². The first-order valence-corrected chi connectivity index (χ1v) is 3.50. The summed E-state index contributed by atoms with van der Waals surface area (Å²) in [6, 6.07) is 0.256. The third-order valence-electron chi connectivity index (χ3n) is 2.34. The molecule has 2 aliphatic rings. The molecule has 0 amide bonds. The van der Waals surface area contributed by atoms with E-state index in [4.69, 9.17) is 10.2 Å². The fourth-order valence-corrected chi connectivity index (χ4v) is 1.58. The number of rotatable bonds is 0. The quantitative estimate of drug-likeness (QED) is 0.292. The Kier molecular flexibility index (Phi) is 1.25. The first-order chi connectivity index (χ1) is 4.70. The van der Waals surface area contributed by atoms with Crippen molar-refractivity contribution < 1.29 is 15.3 Å². The molecule has 0 aromatic carbocycles. The maximum absolute atomic E-state index is 9.19. The van der Waals surface area contributed by atoms with Gasteiger partial charge >= 0.3 is 0 Å². The van der Waals surface area contributed by atoms with Crippen LogP contribution in [0.2, 0.25) is 0 Å². The molecule has 1 heterocycles. The summed E-state index contributed by atoms with van der Waals surface area (Å²) < 4.78 is 0. The lowest BCUT2D eigenvalue weighted by Gasteiger charge is -2.25. The van der Waals surface area contributed by atoms with Gasteiger partial charge in [-0.15, -0.1) is 0 Å². The number of fused-ring (bicyclic) bond motifs is 1. The summed E-state index contributed by atoms with van der Waals surface area (Å²) in [5.41, 5.74) is 0. The van der Waals surface area contributed by atoms with E-state index < -0.39 is 18.3 Å². The third-order valence-corrected chi connectivity index (χ3v) is 2.34. The van der Waals surface area contributed by atoms with Crippen LogP contribution >= 0.6 is 0 Å². The van der Waals surface area contributed by atoms with Crippen molar-refractivity contribution in [3.05, 3.63) is 0 Å². The molecule has 0 aromatic rings. The average Bonchev–Trinajstić information content (AvgIpc) is 2.62. The minimum absolute atomic E-state index is 0.0263. The minimum atomic E-state index is -0.962. The van der Waals surface area contributed by atoms with Crippen molar-refractivity contribution in [2.45, 2.75) is 36.8 Å². The van der Waals surface area contributed by atoms with Crippen molar-refractivity contribution >= 4 is 0 Å². The van der Waals surface area contributed by atoms with Crippen molar-refractivity contribution in [2.24, 2.45) is 0 Å². The van der Waals surface area contributed by atoms with E-state index in [1.165, 1.54) is 0 Å². The summed E-state index contributed by atoms with van der Waals surface area (Å²) in [6.07, 6.45) is -1.95. The summed E-state index contributed by atoms with van der Waals surface area (Å²) in [5, 5.41) is 30.4. The number of hydrogen-bond acceptors (Lipinski definition) is 4. The molecule has 0 bridgehead atoms. The fraction of sp³-hybridized carbons (Fsp3) is 1.00. The molecule has 0 unspecified atom stereocenters. The van der Waals surface area contributed by atoms with Crippen LogP contribution in [-0.4, -0.2) is 45.7 Å². The van der Waals surface area contributed by atoms with Gasteiger partial charge in [0.2, 0.25) is 0 Å². The summed E-state index contributed by atoms with van der Waals surface area (Å²) >= 11 is 0. The molecule has 1 aliphatic carbocycles. The van der Waals surface area contributed by atoms with Crippen LogP contribution in [0.4, 0.5) is 0 Å². The second-order valence-electron chi connectivity index (χ2n) is 3.08. The van der Waals surface area contributed by atoms with Crippen LogP contribution in [0.1, 0.15) is 6.42 Å². The smallest absolute Gasteiger partial charge is 0.107 e. The molecule has 0 aromatic heterocycles. The molecule has 0 spiro atoms. The van der Waals surface area contributed by atoms with Gasteiger partial charge in [-0.2, -0.15) is 0 Å². The average molecular weight is 145 g/mol. The Labute approximate surface area is 58.5 Å². The standard InChI is InChI=1S/C6H11NO3/c8-3-1-2-4(7-2)6(10)5(3)9/h2-10H,1H2/t2-,3-,4-,5-,6-/m0/s1. The molecule has 5 atom stereocenters. The SMILES string of the molecule is O[C@@H]1[C@@H](O)[C@@H](O)C[C@@H]2N[C@H]12. The van der Waals surface area contributed by atoms with Crippen molar-refractivity contribution in [2.75, 3.05) is 0 Å². The number of aliphatic hydroxyl groups excluding tert-OH is 3. The molecule has 0 radical (unpaired) electrons. The lowest BCUT2D eigenvalue weighted by molar-refractivity contribution is -0.0738. The number of nitrogens with one attached hydrogen (secondary N) is 1. The summed E-state index contributed by atoms with van der Waals surface area (Å²) in [6.45, 7) is 0. The maximum Gasteiger partial charge on any atom is 0.107 e. The molecule has 2 rings (SSSR count). The van der Waals surface area contributed by atoms with Gasteiger partial charge in [0, 0.05) is 6.04 Å². The Bertz CT molecular complexity index is 150. The highest BCUT2D eigenvalue weighted by atomic mass is 16.4. The Hall–Kier alpha value is -0.160. The Morgan fingerprint density at radius 1 is 1.10 bits per heavy atom.